The highest BCUT2D eigenvalue weighted by atomic mass is 32.2. The first-order valence-corrected chi connectivity index (χ1v) is 9.57. The lowest BCUT2D eigenvalue weighted by molar-refractivity contribution is 0.282. The van der Waals surface area contributed by atoms with E-state index in [1.54, 1.807) is 30.5 Å². The third kappa shape index (κ3) is 3.21. The molecule has 9 nitrogen and oxygen atoms in total. The number of ether oxygens (including phenoxy) is 1. The topological polar surface area (TPSA) is 116 Å². The van der Waals surface area contributed by atoms with Crippen molar-refractivity contribution in [2.24, 2.45) is 0 Å². The first-order chi connectivity index (χ1) is 13.5. The van der Waals surface area contributed by atoms with E-state index in [-0.39, 0.29) is 11.0 Å². The number of anilines is 1. The highest BCUT2D eigenvalue weighted by Crippen LogP contribution is 2.23. The van der Waals surface area contributed by atoms with Crippen molar-refractivity contribution in [3.05, 3.63) is 71.3 Å². The number of hydrogen-bond donors (Lipinski definition) is 1. The molecule has 10 heteroatoms. The van der Waals surface area contributed by atoms with Crippen LogP contribution in [0.1, 0.15) is 0 Å². The Kier molecular flexibility index (Phi) is 4.32. The minimum atomic E-state index is -3.86. The molecule has 142 valence electrons. The molecule has 2 aromatic carbocycles. The predicted molar refractivity (Wildman–Crippen MR) is 101 cm³/mol. The second-order valence-corrected chi connectivity index (χ2v) is 7.38. The van der Waals surface area contributed by atoms with Gasteiger partial charge in [-0.1, -0.05) is 23.3 Å². The van der Waals surface area contributed by atoms with E-state index in [9.17, 15) is 13.2 Å². The summed E-state index contributed by atoms with van der Waals surface area (Å²) in [5.41, 5.74) is 1.10. The molecule has 0 saturated heterocycles. The number of nitrogens with zero attached hydrogens (tertiary/aromatic N) is 3. The molecule has 0 saturated carbocycles. The van der Waals surface area contributed by atoms with Crippen LogP contribution in [0.5, 0.6) is 6.08 Å². The molecular formula is C18H14N4O5S. The first-order valence-electron chi connectivity index (χ1n) is 8.09. The van der Waals surface area contributed by atoms with Gasteiger partial charge in [-0.05, 0) is 36.4 Å². The number of para-hydroxylation sites is 1. The zero-order valence-electron chi connectivity index (χ0n) is 14.6. The zero-order chi connectivity index (χ0) is 19.7. The van der Waals surface area contributed by atoms with Crippen molar-refractivity contribution in [3.63, 3.8) is 0 Å². The molecular weight excluding hydrogens is 384 g/mol. The molecule has 28 heavy (non-hydrogen) atoms. The summed E-state index contributed by atoms with van der Waals surface area (Å²) in [4.78, 5) is 16.0. The first kappa shape index (κ1) is 17.7. The van der Waals surface area contributed by atoms with E-state index in [1.165, 1.54) is 37.4 Å². The van der Waals surface area contributed by atoms with E-state index in [2.05, 4.69) is 14.8 Å². The lowest BCUT2D eigenvalue weighted by Crippen LogP contribution is -2.15. The summed E-state index contributed by atoms with van der Waals surface area (Å²) in [7, 11) is -2.53. The van der Waals surface area contributed by atoms with E-state index in [0.717, 1.165) is 10.1 Å². The normalized spacial score (nSPS) is 11.5. The molecule has 0 amide bonds. The van der Waals surface area contributed by atoms with Gasteiger partial charge in [-0.25, -0.2) is 13.2 Å². The van der Waals surface area contributed by atoms with Crippen molar-refractivity contribution in [1.29, 1.82) is 0 Å². The Bertz CT molecular complexity index is 1300. The second kappa shape index (κ2) is 6.82. The minimum Gasteiger partial charge on any atom is -0.452 e. The molecule has 0 bridgehead atoms. The summed E-state index contributed by atoms with van der Waals surface area (Å²) in [5.74, 6) is -0.716. The number of rotatable bonds is 5. The molecule has 2 aromatic heterocycles. The van der Waals surface area contributed by atoms with E-state index in [1.807, 2.05) is 0 Å². The predicted octanol–water partition coefficient (Wildman–Crippen LogP) is 2.18. The van der Waals surface area contributed by atoms with Crippen LogP contribution in [-0.2, 0) is 10.0 Å². The molecule has 4 aromatic rings. The summed E-state index contributed by atoms with van der Waals surface area (Å²) < 4.78 is 38.7. The highest BCUT2D eigenvalue weighted by Gasteiger charge is 2.18. The largest absolute Gasteiger partial charge is 0.452 e. The van der Waals surface area contributed by atoms with Gasteiger partial charge in [0.05, 0.1) is 18.3 Å². The minimum absolute atomic E-state index is 0.0760. The van der Waals surface area contributed by atoms with E-state index < -0.39 is 15.8 Å². The highest BCUT2D eigenvalue weighted by molar-refractivity contribution is 7.93. The van der Waals surface area contributed by atoms with E-state index in [0.29, 0.717) is 16.9 Å². The van der Waals surface area contributed by atoms with Crippen molar-refractivity contribution in [2.45, 2.75) is 4.90 Å². The third-order valence-corrected chi connectivity index (χ3v) is 5.37. The Balaban J connectivity index is 1.65. The van der Waals surface area contributed by atoms with Crippen LogP contribution in [-0.4, -0.2) is 30.3 Å². The number of methoxy groups -OCH3 is 1. The fourth-order valence-electron chi connectivity index (χ4n) is 2.68. The lowest BCUT2D eigenvalue weighted by atomic mass is 10.2. The monoisotopic (exact) mass is 398 g/mol. The zero-order valence-corrected chi connectivity index (χ0v) is 15.4. The van der Waals surface area contributed by atoms with Crippen LogP contribution in [0.4, 0.5) is 5.69 Å². The molecule has 0 aliphatic heterocycles. The summed E-state index contributed by atoms with van der Waals surface area (Å²) in [6, 6.07) is 14.6. The van der Waals surface area contributed by atoms with Crippen LogP contribution in [0.3, 0.4) is 0 Å². The average Bonchev–Trinajstić information content (AvgIpc) is 3.08. The molecule has 4 rings (SSSR count). The Labute approximate surface area is 159 Å². The molecule has 0 radical (unpaired) electrons. The second-order valence-electron chi connectivity index (χ2n) is 5.73. The van der Waals surface area contributed by atoms with Gasteiger partial charge in [-0.2, -0.15) is 4.68 Å². The quantitative estimate of drug-likeness (QED) is 0.548. The van der Waals surface area contributed by atoms with Gasteiger partial charge in [0, 0.05) is 17.3 Å². The van der Waals surface area contributed by atoms with Crippen molar-refractivity contribution in [2.75, 3.05) is 11.8 Å². The molecule has 0 spiro atoms. The van der Waals surface area contributed by atoms with Crippen molar-refractivity contribution in [3.8, 4) is 11.8 Å². The fraction of sp³-hybridized carbons (Fsp3) is 0.0556. The number of nitrogens with one attached hydrogen (secondary N) is 1. The molecule has 0 fully saturated rings. The smallest absolute Gasteiger partial charge is 0.444 e. The van der Waals surface area contributed by atoms with Crippen molar-refractivity contribution >= 4 is 26.6 Å². The van der Waals surface area contributed by atoms with Crippen LogP contribution in [0, 0.1) is 0 Å². The maximum absolute atomic E-state index is 12.8. The van der Waals surface area contributed by atoms with E-state index in [4.69, 9.17) is 9.15 Å². The van der Waals surface area contributed by atoms with Gasteiger partial charge < -0.3 is 9.15 Å². The fourth-order valence-corrected chi connectivity index (χ4v) is 3.92. The molecule has 0 aliphatic carbocycles. The Hall–Kier alpha value is -3.66. The third-order valence-electron chi connectivity index (χ3n) is 3.95. The summed E-state index contributed by atoms with van der Waals surface area (Å²) in [6.07, 6.45) is 1.37. The Morgan fingerprint density at radius 1 is 1.07 bits per heavy atom. The molecule has 0 atom stereocenters. The SMILES string of the molecule is COc1nn(-c2ccc(NS(=O)(=O)c3cccc4cccnc34)cc2)c(=O)o1. The molecule has 0 unspecified atom stereocenters. The van der Waals surface area contributed by atoms with Gasteiger partial charge in [0.1, 0.15) is 4.90 Å². The maximum atomic E-state index is 12.8. The number of fused-ring (bicyclic) bond motifs is 1. The van der Waals surface area contributed by atoms with Crippen LogP contribution in [0.2, 0.25) is 0 Å². The maximum Gasteiger partial charge on any atom is 0.444 e. The van der Waals surface area contributed by atoms with Crippen LogP contribution in [0.25, 0.3) is 16.6 Å². The standard InChI is InChI=1S/C18H14N4O5S/c1-26-17-20-22(18(23)27-17)14-9-7-13(8-10-14)21-28(24,25)15-6-2-4-12-5-3-11-19-16(12)15/h2-11,21H,1H3. The summed E-state index contributed by atoms with van der Waals surface area (Å²) in [6.45, 7) is 0. The average molecular weight is 398 g/mol. The van der Waals surface area contributed by atoms with Gasteiger partial charge in [0.25, 0.3) is 10.0 Å². The van der Waals surface area contributed by atoms with E-state index >= 15 is 0 Å². The Morgan fingerprint density at radius 3 is 2.54 bits per heavy atom. The summed E-state index contributed by atoms with van der Waals surface area (Å²) in [5, 5.41) is 4.58. The number of benzene rings is 2. The van der Waals surface area contributed by atoms with Gasteiger partial charge in [-0.15, -0.1) is 0 Å². The number of pyridine rings is 1. The summed E-state index contributed by atoms with van der Waals surface area (Å²) >= 11 is 0. The van der Waals surface area contributed by atoms with Crippen LogP contribution < -0.4 is 15.2 Å². The van der Waals surface area contributed by atoms with Gasteiger partial charge in [0.2, 0.25) is 0 Å². The van der Waals surface area contributed by atoms with Gasteiger partial charge in [0.15, 0.2) is 0 Å². The van der Waals surface area contributed by atoms with Crippen molar-refractivity contribution in [1.82, 2.24) is 14.8 Å². The van der Waals surface area contributed by atoms with Crippen LogP contribution in [0.15, 0.2) is 74.9 Å². The molecule has 2 heterocycles. The van der Waals surface area contributed by atoms with Crippen LogP contribution >= 0.6 is 0 Å². The number of sulfonamides is 1. The Morgan fingerprint density at radius 2 is 1.82 bits per heavy atom. The van der Waals surface area contributed by atoms with Crippen molar-refractivity contribution < 1.29 is 17.6 Å². The van der Waals surface area contributed by atoms with Gasteiger partial charge >= 0.3 is 11.8 Å². The van der Waals surface area contributed by atoms with Gasteiger partial charge in [-0.3, -0.25) is 9.71 Å². The lowest BCUT2D eigenvalue weighted by Gasteiger charge is -2.10. The molecule has 0 aliphatic rings. The molecule has 1 N–H and O–H groups in total. The number of aromatic nitrogens is 3. The number of hydrogen-bond acceptors (Lipinski definition) is 7.